The maximum absolute atomic E-state index is 14.7. The molecule has 1 aliphatic rings. The fourth-order valence-corrected chi connectivity index (χ4v) is 4.63. The second-order valence-corrected chi connectivity index (χ2v) is 8.95. The second-order valence-electron chi connectivity index (χ2n) is 8.95. The lowest BCUT2D eigenvalue weighted by Gasteiger charge is -2.29. The molecule has 0 aromatic heterocycles. The van der Waals surface area contributed by atoms with Crippen molar-refractivity contribution in [2.45, 2.75) is 45.4 Å². The van der Waals surface area contributed by atoms with Crippen molar-refractivity contribution in [1.82, 2.24) is 0 Å². The summed E-state index contributed by atoms with van der Waals surface area (Å²) in [4.78, 5) is 0. The van der Waals surface area contributed by atoms with Crippen molar-refractivity contribution >= 4 is 0 Å². The molecule has 7 heteroatoms. The predicted molar refractivity (Wildman–Crippen MR) is 124 cm³/mol. The van der Waals surface area contributed by atoms with Gasteiger partial charge in [-0.1, -0.05) is 18.2 Å². The Bertz CT molecular complexity index is 1200. The molecule has 3 aromatic rings. The van der Waals surface area contributed by atoms with Crippen LogP contribution >= 0.6 is 0 Å². The smallest absolute Gasteiger partial charge is 0.201 e. The highest BCUT2D eigenvalue weighted by atomic mass is 19.2. The summed E-state index contributed by atoms with van der Waals surface area (Å²) in [5.74, 6) is -4.53. The molecule has 2 nitrogen and oxygen atoms in total. The Kier molecular flexibility index (Phi) is 7.63. The van der Waals surface area contributed by atoms with Crippen molar-refractivity contribution < 1.29 is 31.4 Å². The average molecular weight is 491 g/mol. The summed E-state index contributed by atoms with van der Waals surface area (Å²) in [6.45, 7) is 3.67. The maximum Gasteiger partial charge on any atom is 0.201 e. The van der Waals surface area contributed by atoms with Gasteiger partial charge < -0.3 is 9.47 Å². The minimum absolute atomic E-state index is 0.0225. The Labute approximate surface area is 201 Å². The first-order valence-electron chi connectivity index (χ1n) is 11.8. The zero-order valence-corrected chi connectivity index (χ0v) is 19.6. The molecule has 0 aliphatic heterocycles. The minimum Gasteiger partial charge on any atom is -0.491 e. The molecule has 4 rings (SSSR count). The Balaban J connectivity index is 1.37. The van der Waals surface area contributed by atoms with E-state index in [1.165, 1.54) is 31.2 Å². The van der Waals surface area contributed by atoms with Gasteiger partial charge in [0.1, 0.15) is 0 Å². The van der Waals surface area contributed by atoms with Crippen LogP contribution in [-0.4, -0.2) is 13.2 Å². The number of hydrogen-bond acceptors (Lipinski definition) is 2. The zero-order valence-electron chi connectivity index (χ0n) is 19.6. The Morgan fingerprint density at radius 3 is 2.14 bits per heavy atom. The first-order valence-corrected chi connectivity index (χ1v) is 11.8. The zero-order chi connectivity index (χ0) is 25.1. The third kappa shape index (κ3) is 5.29. The lowest BCUT2D eigenvalue weighted by Crippen LogP contribution is -2.20. The molecule has 0 saturated heterocycles. The van der Waals surface area contributed by atoms with Gasteiger partial charge in [0, 0.05) is 5.56 Å². The standard InChI is InChI=1S/C28H27F5O2/c1-3-34-24-13-11-21(27(32)28(24)33)19-9-12-23(22(29)14-19)35-15-17-5-7-18(8-6-17)20-10-4-16(2)25(30)26(20)31/h4,9-14,17-18H,3,5-8,15H2,1-2H3. The van der Waals surface area contributed by atoms with Gasteiger partial charge in [0.25, 0.3) is 0 Å². The van der Waals surface area contributed by atoms with Crippen molar-refractivity contribution in [2.75, 3.05) is 13.2 Å². The van der Waals surface area contributed by atoms with Crippen LogP contribution in [-0.2, 0) is 0 Å². The molecular formula is C28H27F5O2. The highest BCUT2D eigenvalue weighted by Crippen LogP contribution is 2.38. The van der Waals surface area contributed by atoms with Crippen LogP contribution in [0.3, 0.4) is 0 Å². The fraction of sp³-hybridized carbons (Fsp3) is 0.357. The normalized spacial score (nSPS) is 17.9. The van der Waals surface area contributed by atoms with E-state index in [4.69, 9.17) is 9.47 Å². The summed E-state index contributed by atoms with van der Waals surface area (Å²) in [5.41, 5.74) is 0.806. The Hall–Kier alpha value is -3.09. The van der Waals surface area contributed by atoms with Crippen LogP contribution in [0.25, 0.3) is 11.1 Å². The monoisotopic (exact) mass is 490 g/mol. The molecule has 186 valence electrons. The summed E-state index contributed by atoms with van der Waals surface area (Å²) < 4.78 is 82.3. The quantitative estimate of drug-likeness (QED) is 0.312. The molecular weight excluding hydrogens is 463 g/mol. The van der Waals surface area contributed by atoms with Gasteiger partial charge in [-0.05, 0) is 92.3 Å². The van der Waals surface area contributed by atoms with Crippen LogP contribution in [0.4, 0.5) is 22.0 Å². The molecule has 0 atom stereocenters. The number of hydrogen-bond donors (Lipinski definition) is 0. The van der Waals surface area contributed by atoms with Crippen LogP contribution in [0.2, 0.25) is 0 Å². The number of halogens is 5. The fourth-order valence-electron chi connectivity index (χ4n) is 4.63. The molecule has 1 saturated carbocycles. The largest absolute Gasteiger partial charge is 0.491 e. The van der Waals surface area contributed by atoms with E-state index < -0.39 is 29.1 Å². The first-order chi connectivity index (χ1) is 16.8. The summed E-state index contributed by atoms with van der Waals surface area (Å²) in [6.07, 6.45) is 2.88. The molecule has 0 bridgehead atoms. The van der Waals surface area contributed by atoms with E-state index >= 15 is 0 Å². The van der Waals surface area contributed by atoms with Crippen LogP contribution in [0.5, 0.6) is 11.5 Å². The van der Waals surface area contributed by atoms with Crippen LogP contribution in [0.1, 0.15) is 49.7 Å². The molecule has 0 spiro atoms. The topological polar surface area (TPSA) is 18.5 Å². The number of aryl methyl sites for hydroxylation is 1. The lowest BCUT2D eigenvalue weighted by molar-refractivity contribution is 0.193. The van der Waals surface area contributed by atoms with E-state index in [1.807, 2.05) is 0 Å². The van der Waals surface area contributed by atoms with E-state index in [1.54, 1.807) is 19.1 Å². The minimum atomic E-state index is -1.12. The van der Waals surface area contributed by atoms with E-state index in [0.29, 0.717) is 18.4 Å². The van der Waals surface area contributed by atoms with Crippen LogP contribution in [0.15, 0.2) is 42.5 Å². The molecule has 35 heavy (non-hydrogen) atoms. The van der Waals surface area contributed by atoms with Crippen molar-refractivity contribution in [3.8, 4) is 22.6 Å². The van der Waals surface area contributed by atoms with Gasteiger partial charge in [-0.25, -0.2) is 17.6 Å². The number of benzene rings is 3. The van der Waals surface area contributed by atoms with Crippen LogP contribution in [0, 0.1) is 41.9 Å². The van der Waals surface area contributed by atoms with E-state index in [2.05, 4.69) is 0 Å². The first kappa shape index (κ1) is 25.0. The SMILES string of the molecule is CCOc1ccc(-c2ccc(OCC3CCC(c4ccc(C)c(F)c4F)CC3)c(F)c2)c(F)c1F. The van der Waals surface area contributed by atoms with Crippen molar-refractivity contribution in [2.24, 2.45) is 5.92 Å². The van der Waals surface area contributed by atoms with Gasteiger partial charge in [-0.2, -0.15) is 4.39 Å². The summed E-state index contributed by atoms with van der Waals surface area (Å²) >= 11 is 0. The second kappa shape index (κ2) is 10.7. The van der Waals surface area contributed by atoms with Gasteiger partial charge in [-0.15, -0.1) is 0 Å². The van der Waals surface area contributed by atoms with E-state index in [-0.39, 0.29) is 53.2 Å². The van der Waals surface area contributed by atoms with Gasteiger partial charge in [-0.3, -0.25) is 0 Å². The molecule has 0 N–H and O–H groups in total. The molecule has 0 radical (unpaired) electrons. The number of ether oxygens (including phenoxy) is 2. The van der Waals surface area contributed by atoms with Crippen molar-refractivity contribution in [3.63, 3.8) is 0 Å². The number of rotatable bonds is 7. The van der Waals surface area contributed by atoms with Crippen LogP contribution < -0.4 is 9.47 Å². The van der Waals surface area contributed by atoms with Gasteiger partial charge in [0.15, 0.2) is 34.8 Å². The predicted octanol–water partition coefficient (Wildman–Crippen LogP) is 8.11. The molecule has 1 fully saturated rings. The van der Waals surface area contributed by atoms with E-state index in [0.717, 1.165) is 18.9 Å². The molecule has 1 aliphatic carbocycles. The third-order valence-corrected chi connectivity index (χ3v) is 6.66. The van der Waals surface area contributed by atoms with E-state index in [9.17, 15) is 22.0 Å². The molecule has 0 unspecified atom stereocenters. The molecule has 0 amide bonds. The summed E-state index contributed by atoms with van der Waals surface area (Å²) in [5, 5.41) is 0. The average Bonchev–Trinajstić information content (AvgIpc) is 2.85. The maximum atomic E-state index is 14.7. The Morgan fingerprint density at radius 2 is 1.46 bits per heavy atom. The van der Waals surface area contributed by atoms with Gasteiger partial charge >= 0.3 is 0 Å². The van der Waals surface area contributed by atoms with Crippen molar-refractivity contribution in [1.29, 1.82) is 0 Å². The highest BCUT2D eigenvalue weighted by molar-refractivity contribution is 5.66. The van der Waals surface area contributed by atoms with Gasteiger partial charge in [0.05, 0.1) is 13.2 Å². The third-order valence-electron chi connectivity index (χ3n) is 6.66. The van der Waals surface area contributed by atoms with Gasteiger partial charge in [0.2, 0.25) is 5.82 Å². The van der Waals surface area contributed by atoms with Crippen molar-refractivity contribution in [3.05, 3.63) is 82.7 Å². The Morgan fingerprint density at radius 1 is 0.743 bits per heavy atom. The molecule has 0 heterocycles. The lowest BCUT2D eigenvalue weighted by atomic mass is 9.78. The summed E-state index contributed by atoms with van der Waals surface area (Å²) in [7, 11) is 0. The summed E-state index contributed by atoms with van der Waals surface area (Å²) in [6, 6.07) is 9.90. The molecule has 3 aromatic carbocycles. The highest BCUT2D eigenvalue weighted by Gasteiger charge is 2.26.